The Morgan fingerprint density at radius 1 is 1.50 bits per heavy atom. The van der Waals surface area contributed by atoms with Crippen molar-refractivity contribution in [2.75, 3.05) is 13.9 Å². The van der Waals surface area contributed by atoms with Gasteiger partial charge in [0.15, 0.2) is 6.79 Å². The van der Waals surface area contributed by atoms with Crippen molar-refractivity contribution in [3.05, 3.63) is 35.7 Å². The van der Waals surface area contributed by atoms with Gasteiger partial charge in [-0.1, -0.05) is 0 Å². The number of halogens is 1. The molecule has 0 bridgehead atoms. The molecule has 0 aliphatic carbocycles. The molecular weight excluding hydrogens is 215 g/mol. The van der Waals surface area contributed by atoms with E-state index in [-0.39, 0.29) is 12.5 Å². The van der Waals surface area contributed by atoms with Crippen LogP contribution >= 0.6 is 0 Å². The predicted molar refractivity (Wildman–Crippen MR) is 55.6 cm³/mol. The lowest BCUT2D eigenvalue weighted by Crippen LogP contribution is -1.99. The predicted octanol–water partition coefficient (Wildman–Crippen LogP) is 1.91. The summed E-state index contributed by atoms with van der Waals surface area (Å²) < 4.78 is 22.8. The van der Waals surface area contributed by atoms with E-state index in [9.17, 15) is 9.18 Å². The number of rotatable bonds is 5. The number of carboxylic acids is 1. The summed E-state index contributed by atoms with van der Waals surface area (Å²) in [5.74, 6) is -1.31. The highest BCUT2D eigenvalue weighted by molar-refractivity contribution is 5.85. The summed E-state index contributed by atoms with van der Waals surface area (Å²) in [4.78, 5) is 10.3. The lowest BCUT2D eigenvalue weighted by Gasteiger charge is -2.05. The molecule has 0 saturated heterocycles. The number of benzene rings is 1. The van der Waals surface area contributed by atoms with Gasteiger partial charge in [-0.15, -0.1) is 0 Å². The van der Waals surface area contributed by atoms with Gasteiger partial charge >= 0.3 is 5.97 Å². The Bertz CT molecular complexity index is 401. The van der Waals surface area contributed by atoms with E-state index in [4.69, 9.17) is 9.84 Å². The highest BCUT2D eigenvalue weighted by Gasteiger charge is 2.00. The van der Waals surface area contributed by atoms with Gasteiger partial charge in [0, 0.05) is 19.3 Å². The summed E-state index contributed by atoms with van der Waals surface area (Å²) in [7, 11) is 1.45. The molecule has 1 rings (SSSR count). The van der Waals surface area contributed by atoms with Crippen molar-refractivity contribution in [1.29, 1.82) is 0 Å². The molecule has 0 aliphatic heterocycles. The summed E-state index contributed by atoms with van der Waals surface area (Å²) in [5.41, 5.74) is 0.411. The fourth-order valence-electron chi connectivity index (χ4n) is 1.06. The van der Waals surface area contributed by atoms with Gasteiger partial charge in [-0.3, -0.25) is 0 Å². The van der Waals surface area contributed by atoms with Crippen molar-refractivity contribution in [2.45, 2.75) is 0 Å². The zero-order valence-electron chi connectivity index (χ0n) is 8.64. The molecule has 0 heterocycles. The van der Waals surface area contributed by atoms with Crippen LogP contribution in [0.1, 0.15) is 5.56 Å². The third-order valence-electron chi connectivity index (χ3n) is 1.66. The third kappa shape index (κ3) is 4.10. The highest BCUT2D eigenvalue weighted by Crippen LogP contribution is 2.17. The van der Waals surface area contributed by atoms with Gasteiger partial charge in [0.2, 0.25) is 0 Å². The van der Waals surface area contributed by atoms with Crippen LogP contribution < -0.4 is 4.74 Å². The van der Waals surface area contributed by atoms with Gasteiger partial charge in [0.1, 0.15) is 11.6 Å². The summed E-state index contributed by atoms with van der Waals surface area (Å²) in [6.45, 7) is 0.00549. The van der Waals surface area contributed by atoms with E-state index in [1.54, 1.807) is 0 Å². The minimum absolute atomic E-state index is 0.00549. The second-order valence-corrected chi connectivity index (χ2v) is 2.94. The van der Waals surface area contributed by atoms with Crippen LogP contribution in [-0.2, 0) is 9.53 Å². The summed E-state index contributed by atoms with van der Waals surface area (Å²) in [6.07, 6.45) is 2.21. The molecule has 1 aromatic carbocycles. The molecule has 5 heteroatoms. The van der Waals surface area contributed by atoms with E-state index in [1.807, 2.05) is 0 Å². The van der Waals surface area contributed by atoms with Crippen LogP contribution in [0.5, 0.6) is 5.75 Å². The Kier molecular flexibility index (Phi) is 4.47. The molecule has 16 heavy (non-hydrogen) atoms. The first-order valence-corrected chi connectivity index (χ1v) is 4.45. The molecule has 86 valence electrons. The van der Waals surface area contributed by atoms with Gasteiger partial charge in [-0.05, 0) is 23.8 Å². The van der Waals surface area contributed by atoms with E-state index < -0.39 is 11.8 Å². The second-order valence-electron chi connectivity index (χ2n) is 2.94. The molecule has 0 unspecified atom stereocenters. The van der Waals surface area contributed by atoms with E-state index in [2.05, 4.69) is 4.74 Å². The van der Waals surface area contributed by atoms with Crippen molar-refractivity contribution in [2.24, 2.45) is 0 Å². The minimum Gasteiger partial charge on any atom is -0.478 e. The van der Waals surface area contributed by atoms with Gasteiger partial charge in [-0.2, -0.15) is 0 Å². The van der Waals surface area contributed by atoms with Crippen LogP contribution in [0.4, 0.5) is 4.39 Å². The Morgan fingerprint density at radius 3 is 2.88 bits per heavy atom. The van der Waals surface area contributed by atoms with E-state index in [1.165, 1.54) is 31.4 Å². The molecule has 0 aliphatic rings. The Balaban J connectivity index is 2.85. The quantitative estimate of drug-likeness (QED) is 0.615. The average molecular weight is 226 g/mol. The first-order chi connectivity index (χ1) is 7.61. The van der Waals surface area contributed by atoms with Crippen molar-refractivity contribution < 1.29 is 23.8 Å². The Labute approximate surface area is 91.9 Å². The lowest BCUT2D eigenvalue weighted by atomic mass is 10.2. The largest absolute Gasteiger partial charge is 0.478 e. The van der Waals surface area contributed by atoms with Crippen LogP contribution in [0, 0.1) is 5.82 Å². The maximum Gasteiger partial charge on any atom is 0.328 e. The third-order valence-corrected chi connectivity index (χ3v) is 1.66. The smallest absolute Gasteiger partial charge is 0.328 e. The number of ether oxygens (including phenoxy) is 2. The van der Waals surface area contributed by atoms with Crippen molar-refractivity contribution in [3.63, 3.8) is 0 Å². The van der Waals surface area contributed by atoms with Crippen molar-refractivity contribution in [1.82, 2.24) is 0 Å². The zero-order chi connectivity index (χ0) is 12.0. The van der Waals surface area contributed by atoms with Crippen LogP contribution in [0.15, 0.2) is 24.3 Å². The summed E-state index contributed by atoms with van der Waals surface area (Å²) >= 11 is 0. The molecule has 0 saturated carbocycles. The van der Waals surface area contributed by atoms with Crippen molar-refractivity contribution in [3.8, 4) is 5.75 Å². The monoisotopic (exact) mass is 226 g/mol. The maximum absolute atomic E-state index is 13.1. The van der Waals surface area contributed by atoms with E-state index in [0.717, 1.165) is 6.08 Å². The average Bonchev–Trinajstić information content (AvgIpc) is 2.23. The van der Waals surface area contributed by atoms with E-state index >= 15 is 0 Å². The second kappa shape index (κ2) is 5.87. The molecule has 0 amide bonds. The standard InChI is InChI=1S/C11H11FO4/c1-15-7-16-10-5-8(2-3-11(13)14)4-9(12)6-10/h2-6H,7H2,1H3,(H,13,14)/b3-2+. The normalized spacial score (nSPS) is 10.6. The molecule has 0 spiro atoms. The molecular formula is C11H11FO4. The molecule has 0 aromatic heterocycles. The molecule has 0 atom stereocenters. The zero-order valence-corrected chi connectivity index (χ0v) is 8.64. The number of aliphatic carboxylic acids is 1. The van der Waals surface area contributed by atoms with Crippen LogP contribution in [0.2, 0.25) is 0 Å². The molecule has 0 fully saturated rings. The molecule has 0 radical (unpaired) electrons. The lowest BCUT2D eigenvalue weighted by molar-refractivity contribution is -0.131. The first-order valence-electron chi connectivity index (χ1n) is 4.45. The number of hydrogen-bond donors (Lipinski definition) is 1. The topological polar surface area (TPSA) is 55.8 Å². The molecule has 1 N–H and O–H groups in total. The molecule has 4 nitrogen and oxygen atoms in total. The number of carboxylic acid groups (broad SMARTS) is 1. The fourth-order valence-corrected chi connectivity index (χ4v) is 1.06. The first kappa shape index (κ1) is 12.2. The Hall–Kier alpha value is -1.88. The van der Waals surface area contributed by atoms with Gasteiger partial charge in [0.05, 0.1) is 0 Å². The summed E-state index contributed by atoms with van der Waals surface area (Å²) in [5, 5.41) is 8.42. The van der Waals surface area contributed by atoms with Crippen LogP contribution in [-0.4, -0.2) is 25.0 Å². The highest BCUT2D eigenvalue weighted by atomic mass is 19.1. The maximum atomic E-state index is 13.1. The van der Waals surface area contributed by atoms with Crippen LogP contribution in [0.3, 0.4) is 0 Å². The molecule has 1 aromatic rings. The van der Waals surface area contributed by atoms with Gasteiger partial charge < -0.3 is 14.6 Å². The SMILES string of the molecule is COCOc1cc(F)cc(/C=C/C(=O)O)c1. The number of hydrogen-bond acceptors (Lipinski definition) is 3. The number of methoxy groups -OCH3 is 1. The van der Waals surface area contributed by atoms with Crippen LogP contribution in [0.25, 0.3) is 6.08 Å². The Morgan fingerprint density at radius 2 is 2.25 bits per heavy atom. The summed E-state index contributed by atoms with van der Waals surface area (Å²) in [6, 6.07) is 3.91. The van der Waals surface area contributed by atoms with Gasteiger partial charge in [-0.25, -0.2) is 9.18 Å². The minimum atomic E-state index is -1.09. The van der Waals surface area contributed by atoms with Crippen molar-refractivity contribution >= 4 is 12.0 Å². The number of carbonyl (C=O) groups is 1. The van der Waals surface area contributed by atoms with E-state index in [0.29, 0.717) is 5.56 Å². The fraction of sp³-hybridized carbons (Fsp3) is 0.182. The van der Waals surface area contributed by atoms with Gasteiger partial charge in [0.25, 0.3) is 0 Å².